The van der Waals surface area contributed by atoms with Crippen LogP contribution in [0.25, 0.3) is 11.3 Å². The number of hydrogen-bond donors (Lipinski definition) is 0. The summed E-state index contributed by atoms with van der Waals surface area (Å²) in [6.07, 6.45) is 1.81. The summed E-state index contributed by atoms with van der Waals surface area (Å²) >= 11 is 0. The van der Waals surface area contributed by atoms with E-state index in [0.29, 0.717) is 5.71 Å². The van der Waals surface area contributed by atoms with Crippen LogP contribution in [0.15, 0.2) is 41.5 Å². The molecule has 0 atom stereocenters. The second kappa shape index (κ2) is 10.1. The predicted octanol–water partition coefficient (Wildman–Crippen LogP) is 3.83. The second-order valence-electron chi connectivity index (χ2n) is 4.83. The van der Waals surface area contributed by atoms with Crippen LogP contribution < -0.4 is 0 Å². The van der Waals surface area contributed by atoms with E-state index in [4.69, 9.17) is 0 Å². The van der Waals surface area contributed by atoms with Gasteiger partial charge in [0, 0.05) is 20.2 Å². The van der Waals surface area contributed by atoms with Gasteiger partial charge >= 0.3 is 19.8 Å². The van der Waals surface area contributed by atoms with E-state index >= 15 is 0 Å². The van der Waals surface area contributed by atoms with Crippen LogP contribution >= 0.6 is 0 Å². The molecule has 1 aromatic heterocycles. The second-order valence-corrected chi connectivity index (χ2v) is 4.83. The Morgan fingerprint density at radius 2 is 1.86 bits per heavy atom. The van der Waals surface area contributed by atoms with Crippen LogP contribution in [0, 0.1) is 19.9 Å². The maximum atomic E-state index is 10.2. The number of rotatable bonds is 2. The van der Waals surface area contributed by atoms with Crippen molar-refractivity contribution in [2.75, 3.05) is 7.05 Å². The molecule has 0 N–H and O–H groups in total. The van der Waals surface area contributed by atoms with Gasteiger partial charge in [-0.1, -0.05) is 26.0 Å². The summed E-state index contributed by atoms with van der Waals surface area (Å²) < 4.78 is 0. The molecule has 1 heterocycles. The minimum Gasteiger partial charge on any atom is -0.305 e. The Morgan fingerprint density at radius 3 is 2.27 bits per heavy atom. The van der Waals surface area contributed by atoms with Crippen molar-refractivity contribution < 1.29 is 24.6 Å². The Bertz CT molecular complexity index is 617. The maximum Gasteiger partial charge on any atom is 1.00 e. The Kier molecular flexibility index (Phi) is 9.37. The summed E-state index contributed by atoms with van der Waals surface area (Å²) in [5, 5.41) is 0. The van der Waals surface area contributed by atoms with Crippen molar-refractivity contribution in [3.8, 4) is 11.3 Å². The normalized spacial score (nSPS) is 10.1. The van der Waals surface area contributed by atoms with Gasteiger partial charge in [-0.25, -0.2) is 0 Å². The van der Waals surface area contributed by atoms with E-state index < -0.39 is 0 Å². The molecule has 0 bridgehead atoms. The van der Waals surface area contributed by atoms with Crippen LogP contribution in [-0.4, -0.2) is 23.5 Å². The van der Waals surface area contributed by atoms with Gasteiger partial charge in [0.15, 0.2) is 5.78 Å². The fourth-order valence-corrected chi connectivity index (χ4v) is 1.71. The van der Waals surface area contributed by atoms with Crippen LogP contribution in [0.4, 0.5) is 0 Å². The largest absolute Gasteiger partial charge is 1.00 e. The molecule has 1 radical (unpaired) electrons. The Hall–Kier alpha value is -1.65. The summed E-state index contributed by atoms with van der Waals surface area (Å²) in [4.78, 5) is 18.2. The molecule has 3 nitrogen and oxygen atoms in total. The van der Waals surface area contributed by atoms with E-state index in [0.717, 1.165) is 16.8 Å². The zero-order valence-electron chi connectivity index (χ0n) is 13.6. The molecule has 1 aromatic carbocycles. The van der Waals surface area contributed by atoms with Gasteiger partial charge in [0.2, 0.25) is 0 Å². The van der Waals surface area contributed by atoms with Crippen molar-refractivity contribution in [2.45, 2.75) is 27.7 Å². The average molecular weight is 472 g/mol. The monoisotopic (exact) mass is 473 g/mol. The molecule has 0 unspecified atom stereocenters. The molecule has 0 spiro atoms. The predicted molar refractivity (Wildman–Crippen MR) is 87.7 cm³/mol. The number of aryl methyl sites for hydroxylation is 2. The quantitative estimate of drug-likeness (QED) is 0.494. The Balaban J connectivity index is 0.000000478. The van der Waals surface area contributed by atoms with Crippen LogP contribution in [0.1, 0.15) is 25.0 Å². The van der Waals surface area contributed by atoms with Crippen molar-refractivity contribution in [1.29, 1.82) is 0 Å². The van der Waals surface area contributed by atoms with Gasteiger partial charge < -0.3 is 4.98 Å². The smallest absolute Gasteiger partial charge is 0.305 e. The minimum atomic E-state index is 0. The first-order valence-electron chi connectivity index (χ1n) is 6.80. The summed E-state index contributed by atoms with van der Waals surface area (Å²) in [5.74, 6) is 0.0440. The molecule has 22 heavy (non-hydrogen) atoms. The van der Waals surface area contributed by atoms with Crippen LogP contribution in [0.2, 0.25) is 0 Å². The van der Waals surface area contributed by atoms with Crippen molar-refractivity contribution >= 4 is 11.5 Å². The van der Waals surface area contributed by atoms with Gasteiger partial charge in [0.25, 0.3) is 0 Å². The molecule has 2 rings (SSSR count). The molecule has 0 aliphatic carbocycles. The van der Waals surface area contributed by atoms with Crippen LogP contribution in [0.3, 0.4) is 0 Å². The number of nitrogens with zero attached hydrogens (tertiary/aromatic N) is 2. The molecule has 0 amide bonds. The van der Waals surface area contributed by atoms with E-state index in [-0.39, 0.29) is 25.6 Å². The fourth-order valence-electron chi connectivity index (χ4n) is 1.71. The number of aromatic nitrogens is 1. The molecule has 0 aliphatic heterocycles. The zero-order valence-corrected chi connectivity index (χ0v) is 16.2. The third kappa shape index (κ3) is 6.87. The number of carbonyl (C=O) groups is 1. The van der Waals surface area contributed by atoms with E-state index in [2.05, 4.69) is 42.0 Å². The number of aliphatic imine (C=N–C) groups is 1. The van der Waals surface area contributed by atoms with Gasteiger partial charge in [0.05, 0.1) is 5.71 Å². The van der Waals surface area contributed by atoms with E-state index in [1.54, 1.807) is 20.2 Å². The molecule has 0 aliphatic rings. The number of carbonyl (C=O) groups excluding carboxylic acids is 1. The number of hydrogen-bond acceptors (Lipinski definition) is 3. The third-order valence-electron chi connectivity index (χ3n) is 2.93. The van der Waals surface area contributed by atoms with Crippen molar-refractivity contribution in [2.24, 2.45) is 4.99 Å². The van der Waals surface area contributed by atoms with E-state index in [1.807, 2.05) is 18.2 Å². The third-order valence-corrected chi connectivity index (χ3v) is 2.93. The van der Waals surface area contributed by atoms with Gasteiger partial charge in [-0.3, -0.25) is 9.79 Å². The van der Waals surface area contributed by atoms with Crippen LogP contribution in [0.5, 0.6) is 0 Å². The standard InChI is InChI=1S/C13H12N.C5H9NO.Os/c1-10-7-11(2)9-12(8-10)13-5-3-4-6-14-13;1-4(6-3)5(2)7;/h3-8H,1-2H3;1-3H3;/q-1;;+1. The SMILES string of the molecule is CN=C(C)C(C)=O.Cc1[c-]c(-c2ccccn2)cc(C)c1.[Os+]. The van der Waals surface area contributed by atoms with Gasteiger partial charge in [-0.05, 0) is 18.7 Å². The van der Waals surface area contributed by atoms with E-state index in [1.165, 1.54) is 12.5 Å². The fraction of sp³-hybridized carbons (Fsp3) is 0.278. The Labute approximate surface area is 146 Å². The first-order chi connectivity index (χ1) is 9.93. The van der Waals surface area contributed by atoms with Gasteiger partial charge in [-0.15, -0.1) is 34.9 Å². The first kappa shape index (κ1) is 20.3. The number of Topliss-reactive ketones (excluding diaryl/α,β-unsaturated/α-hetero) is 1. The number of pyridine rings is 1. The number of ketones is 1. The van der Waals surface area contributed by atoms with Gasteiger partial charge in [0.1, 0.15) is 0 Å². The molecule has 2 aromatic rings. The molecule has 0 saturated carbocycles. The van der Waals surface area contributed by atoms with Crippen molar-refractivity contribution in [1.82, 2.24) is 4.98 Å². The minimum absolute atomic E-state index is 0. The Morgan fingerprint density at radius 1 is 1.18 bits per heavy atom. The average Bonchev–Trinajstić information content (AvgIpc) is 2.47. The van der Waals surface area contributed by atoms with Crippen LogP contribution in [-0.2, 0) is 24.6 Å². The molecule has 0 fully saturated rings. The molecular weight excluding hydrogens is 450 g/mol. The topological polar surface area (TPSA) is 42.3 Å². The van der Waals surface area contributed by atoms with Gasteiger partial charge in [-0.2, -0.15) is 0 Å². The molecule has 4 heteroatoms. The van der Waals surface area contributed by atoms with Crippen molar-refractivity contribution in [3.05, 3.63) is 53.7 Å². The summed E-state index contributed by atoms with van der Waals surface area (Å²) in [7, 11) is 1.61. The first-order valence-corrected chi connectivity index (χ1v) is 6.80. The maximum absolute atomic E-state index is 10.2. The molecular formula is C18H21N2OOs. The summed E-state index contributed by atoms with van der Waals surface area (Å²) in [6.45, 7) is 7.34. The summed E-state index contributed by atoms with van der Waals surface area (Å²) in [5.41, 5.74) is 5.05. The zero-order chi connectivity index (χ0) is 15.8. The van der Waals surface area contributed by atoms with E-state index in [9.17, 15) is 4.79 Å². The number of benzene rings is 1. The van der Waals surface area contributed by atoms with Crippen molar-refractivity contribution in [3.63, 3.8) is 0 Å². The molecule has 0 saturated heterocycles. The molecule has 117 valence electrons. The summed E-state index contributed by atoms with van der Waals surface area (Å²) in [6, 6.07) is 13.4.